The second-order valence-corrected chi connectivity index (χ2v) is 7.99. The lowest BCUT2D eigenvalue weighted by atomic mass is 10.1. The summed E-state index contributed by atoms with van der Waals surface area (Å²) in [4.78, 5) is 29.4. The molecule has 2 amide bonds. The van der Waals surface area contributed by atoms with Crippen LogP contribution in [0.4, 0.5) is 0 Å². The fourth-order valence-corrected chi connectivity index (χ4v) is 3.82. The van der Waals surface area contributed by atoms with Crippen LogP contribution in [0, 0.1) is 0 Å². The van der Waals surface area contributed by atoms with E-state index in [-0.39, 0.29) is 17.9 Å². The predicted octanol–water partition coefficient (Wildman–Crippen LogP) is 2.31. The summed E-state index contributed by atoms with van der Waals surface area (Å²) in [6.45, 7) is 7.63. The lowest BCUT2D eigenvalue weighted by Gasteiger charge is -2.30. The van der Waals surface area contributed by atoms with Crippen molar-refractivity contribution in [1.29, 1.82) is 0 Å². The molecule has 30 heavy (non-hydrogen) atoms. The first-order chi connectivity index (χ1) is 14.7. The Morgan fingerprint density at radius 3 is 2.67 bits per heavy atom. The van der Waals surface area contributed by atoms with Crippen LogP contribution in [0.15, 0.2) is 24.3 Å². The number of piperazine rings is 1. The van der Waals surface area contributed by atoms with E-state index >= 15 is 0 Å². The quantitative estimate of drug-likeness (QED) is 0.592. The van der Waals surface area contributed by atoms with Crippen LogP contribution >= 0.6 is 0 Å². The van der Waals surface area contributed by atoms with Crippen molar-refractivity contribution in [3.05, 3.63) is 29.8 Å². The van der Waals surface area contributed by atoms with Crippen molar-refractivity contribution in [2.24, 2.45) is 0 Å². The Bertz CT molecular complexity index is 668. The van der Waals surface area contributed by atoms with Crippen LogP contribution in [0.5, 0.6) is 5.75 Å². The Balaban J connectivity index is 1.60. The zero-order chi connectivity index (χ0) is 21.2. The van der Waals surface area contributed by atoms with Gasteiger partial charge in [-0.2, -0.15) is 0 Å². The van der Waals surface area contributed by atoms with Gasteiger partial charge in [0.2, 0.25) is 5.91 Å². The first-order valence-corrected chi connectivity index (χ1v) is 11.3. The number of nitrogens with zero attached hydrogens (tertiary/aromatic N) is 2. The SMILES string of the molecule is CCCCOc1ccc(C(=O)N(CCC(=O)N2CCNCC2)C[C@@H]2CCCO2)cc1. The fraction of sp³-hybridized carbons (Fsp3) is 0.652. The smallest absolute Gasteiger partial charge is 0.253 e. The zero-order valence-electron chi connectivity index (χ0n) is 18.1. The molecule has 1 atom stereocenters. The van der Waals surface area contributed by atoms with Gasteiger partial charge in [0.25, 0.3) is 5.91 Å². The monoisotopic (exact) mass is 417 g/mol. The number of amides is 2. The van der Waals surface area contributed by atoms with Gasteiger partial charge < -0.3 is 24.6 Å². The van der Waals surface area contributed by atoms with Crippen LogP contribution in [-0.2, 0) is 9.53 Å². The molecule has 2 aliphatic heterocycles. The van der Waals surface area contributed by atoms with Crippen LogP contribution in [0.3, 0.4) is 0 Å². The Kier molecular flexibility index (Phi) is 8.96. The normalized spacial score (nSPS) is 19.0. The lowest BCUT2D eigenvalue weighted by Crippen LogP contribution is -2.47. The van der Waals surface area contributed by atoms with Gasteiger partial charge in [0, 0.05) is 57.9 Å². The van der Waals surface area contributed by atoms with Gasteiger partial charge in [-0.25, -0.2) is 0 Å². The van der Waals surface area contributed by atoms with Crippen LogP contribution in [0.2, 0.25) is 0 Å². The van der Waals surface area contributed by atoms with Crippen molar-refractivity contribution in [3.8, 4) is 5.75 Å². The van der Waals surface area contributed by atoms with Gasteiger partial charge in [-0.05, 0) is 43.5 Å². The summed E-state index contributed by atoms with van der Waals surface area (Å²) in [6.07, 6.45) is 4.48. The molecule has 3 rings (SSSR count). The van der Waals surface area contributed by atoms with Crippen molar-refractivity contribution < 1.29 is 19.1 Å². The van der Waals surface area contributed by atoms with Gasteiger partial charge in [0.05, 0.1) is 12.7 Å². The summed E-state index contributed by atoms with van der Waals surface area (Å²) < 4.78 is 11.4. The highest BCUT2D eigenvalue weighted by atomic mass is 16.5. The molecule has 2 aliphatic rings. The Morgan fingerprint density at radius 1 is 1.23 bits per heavy atom. The molecule has 1 aromatic carbocycles. The van der Waals surface area contributed by atoms with E-state index in [1.165, 1.54) is 0 Å². The summed E-state index contributed by atoms with van der Waals surface area (Å²) in [6, 6.07) is 7.31. The number of carbonyl (C=O) groups is 2. The van der Waals surface area contributed by atoms with Crippen molar-refractivity contribution in [3.63, 3.8) is 0 Å². The Morgan fingerprint density at radius 2 is 2.00 bits per heavy atom. The van der Waals surface area contributed by atoms with Crippen molar-refractivity contribution in [2.45, 2.75) is 45.1 Å². The van der Waals surface area contributed by atoms with Gasteiger partial charge in [0.15, 0.2) is 0 Å². The topological polar surface area (TPSA) is 71.1 Å². The molecule has 0 bridgehead atoms. The minimum absolute atomic E-state index is 0.0555. The number of hydrogen-bond acceptors (Lipinski definition) is 5. The molecule has 0 aromatic heterocycles. The van der Waals surface area contributed by atoms with E-state index in [0.717, 1.165) is 64.2 Å². The number of carbonyl (C=O) groups excluding carboxylic acids is 2. The first-order valence-electron chi connectivity index (χ1n) is 11.3. The second kappa shape index (κ2) is 11.9. The highest BCUT2D eigenvalue weighted by Gasteiger charge is 2.25. The number of hydrogen-bond donors (Lipinski definition) is 1. The highest BCUT2D eigenvalue weighted by molar-refractivity contribution is 5.94. The number of benzene rings is 1. The van der Waals surface area contributed by atoms with Gasteiger partial charge in [-0.15, -0.1) is 0 Å². The summed E-state index contributed by atoms with van der Waals surface area (Å²) in [5, 5.41) is 3.26. The molecule has 7 nitrogen and oxygen atoms in total. The van der Waals surface area contributed by atoms with Crippen LogP contribution in [-0.4, -0.2) is 80.2 Å². The van der Waals surface area contributed by atoms with E-state index in [0.29, 0.717) is 31.7 Å². The molecule has 1 aromatic rings. The zero-order valence-corrected chi connectivity index (χ0v) is 18.1. The molecule has 1 N–H and O–H groups in total. The third kappa shape index (κ3) is 6.71. The minimum Gasteiger partial charge on any atom is -0.494 e. The molecule has 2 heterocycles. The molecule has 166 valence electrons. The second-order valence-electron chi connectivity index (χ2n) is 7.99. The van der Waals surface area contributed by atoms with E-state index in [9.17, 15) is 9.59 Å². The summed E-state index contributed by atoms with van der Waals surface area (Å²) in [5.41, 5.74) is 0.616. The average molecular weight is 418 g/mol. The fourth-order valence-electron chi connectivity index (χ4n) is 3.82. The standard InChI is InChI=1S/C23H35N3O4/c1-2-3-16-29-20-8-6-19(7-9-20)23(28)26(18-21-5-4-17-30-21)13-10-22(27)25-14-11-24-12-15-25/h6-9,21,24H,2-5,10-18H2,1H3/t21-/m0/s1. The average Bonchev–Trinajstić information content (AvgIpc) is 3.30. The van der Waals surface area contributed by atoms with Crippen LogP contribution < -0.4 is 10.1 Å². The molecule has 0 saturated carbocycles. The summed E-state index contributed by atoms with van der Waals surface area (Å²) in [7, 11) is 0. The van der Waals surface area contributed by atoms with E-state index in [4.69, 9.17) is 9.47 Å². The number of rotatable bonds is 10. The minimum atomic E-state index is -0.0567. The maximum absolute atomic E-state index is 13.2. The summed E-state index contributed by atoms with van der Waals surface area (Å²) in [5.74, 6) is 0.833. The molecule has 2 fully saturated rings. The predicted molar refractivity (Wildman–Crippen MR) is 116 cm³/mol. The maximum Gasteiger partial charge on any atom is 0.253 e. The molecular formula is C23H35N3O4. The molecule has 0 aliphatic carbocycles. The third-order valence-corrected chi connectivity index (χ3v) is 5.67. The number of ether oxygens (including phenoxy) is 2. The van der Waals surface area contributed by atoms with Crippen molar-refractivity contribution in [1.82, 2.24) is 15.1 Å². The van der Waals surface area contributed by atoms with Crippen LogP contribution in [0.25, 0.3) is 0 Å². The number of nitrogens with one attached hydrogen (secondary N) is 1. The lowest BCUT2D eigenvalue weighted by molar-refractivity contribution is -0.132. The molecule has 2 saturated heterocycles. The Labute approximate surface area is 179 Å². The van der Waals surface area contributed by atoms with Gasteiger partial charge in [-0.3, -0.25) is 9.59 Å². The molecular weight excluding hydrogens is 382 g/mol. The van der Waals surface area contributed by atoms with E-state index in [2.05, 4.69) is 12.2 Å². The van der Waals surface area contributed by atoms with Crippen molar-refractivity contribution >= 4 is 11.8 Å². The highest BCUT2D eigenvalue weighted by Crippen LogP contribution is 2.18. The summed E-state index contributed by atoms with van der Waals surface area (Å²) >= 11 is 0. The largest absolute Gasteiger partial charge is 0.494 e. The van der Waals surface area contributed by atoms with Gasteiger partial charge >= 0.3 is 0 Å². The van der Waals surface area contributed by atoms with Crippen LogP contribution in [0.1, 0.15) is 49.4 Å². The van der Waals surface area contributed by atoms with E-state index < -0.39 is 0 Å². The van der Waals surface area contributed by atoms with Gasteiger partial charge in [-0.1, -0.05) is 13.3 Å². The van der Waals surface area contributed by atoms with Crippen molar-refractivity contribution in [2.75, 3.05) is 52.5 Å². The molecule has 7 heteroatoms. The maximum atomic E-state index is 13.2. The van der Waals surface area contributed by atoms with E-state index in [1.807, 2.05) is 29.2 Å². The molecule has 0 radical (unpaired) electrons. The first kappa shape index (κ1) is 22.6. The molecule has 0 unspecified atom stereocenters. The number of unbranched alkanes of at least 4 members (excludes halogenated alkanes) is 1. The third-order valence-electron chi connectivity index (χ3n) is 5.67. The Hall–Kier alpha value is -2.12. The van der Waals surface area contributed by atoms with E-state index in [1.54, 1.807) is 4.90 Å². The van der Waals surface area contributed by atoms with Gasteiger partial charge in [0.1, 0.15) is 5.75 Å². The molecule has 0 spiro atoms.